The molecule has 0 bridgehead atoms. The van der Waals surface area contributed by atoms with E-state index in [1.54, 1.807) is 0 Å². The number of hydrogen-bond acceptors (Lipinski definition) is 3. The topological polar surface area (TPSA) is 19.4 Å². The van der Waals surface area contributed by atoms with E-state index < -0.39 is 0 Å². The van der Waals surface area contributed by atoms with Crippen molar-refractivity contribution >= 4 is 22.5 Å². The highest BCUT2D eigenvalue weighted by molar-refractivity contribution is 6.35. The van der Waals surface area contributed by atoms with Crippen LogP contribution in [0.1, 0.15) is 17.5 Å². The zero-order valence-electron chi connectivity index (χ0n) is 15.2. The third-order valence-electron chi connectivity index (χ3n) is 5.19. The van der Waals surface area contributed by atoms with Gasteiger partial charge in [-0.05, 0) is 61.0 Å². The Morgan fingerprint density at radius 3 is 2.41 bits per heavy atom. The zero-order valence-corrected chi connectivity index (χ0v) is 16.0. The van der Waals surface area contributed by atoms with Crippen LogP contribution < -0.4 is 0 Å². The monoisotopic (exact) mass is 383 g/mol. The smallest absolute Gasteiger partial charge is 0.123 e. The molecule has 0 amide bonds. The highest BCUT2D eigenvalue weighted by Gasteiger charge is 2.17. The van der Waals surface area contributed by atoms with E-state index in [0.29, 0.717) is 0 Å². The van der Waals surface area contributed by atoms with Crippen LogP contribution in [0.2, 0.25) is 5.02 Å². The summed E-state index contributed by atoms with van der Waals surface area (Å²) in [4.78, 5) is 9.49. The summed E-state index contributed by atoms with van der Waals surface area (Å²) in [6.45, 7) is 5.91. The van der Waals surface area contributed by atoms with Gasteiger partial charge in [-0.3, -0.25) is 14.8 Å². The quantitative estimate of drug-likeness (QED) is 0.649. The van der Waals surface area contributed by atoms with Gasteiger partial charge in [-0.1, -0.05) is 29.8 Å². The Hall–Kier alpha value is -2.01. The third kappa shape index (κ3) is 4.46. The maximum absolute atomic E-state index is 13.1. The van der Waals surface area contributed by atoms with Crippen molar-refractivity contribution in [2.24, 2.45) is 0 Å². The van der Waals surface area contributed by atoms with E-state index in [2.05, 4.69) is 20.9 Å². The lowest BCUT2D eigenvalue weighted by atomic mass is 10.1. The Kier molecular flexibility index (Phi) is 5.67. The van der Waals surface area contributed by atoms with Crippen LogP contribution in [-0.2, 0) is 13.1 Å². The molecular formula is C22H23ClFN3. The van der Waals surface area contributed by atoms with Crippen LogP contribution in [0.4, 0.5) is 4.39 Å². The number of rotatable bonds is 4. The van der Waals surface area contributed by atoms with Gasteiger partial charge in [0.2, 0.25) is 0 Å². The first-order chi connectivity index (χ1) is 13.2. The number of aromatic nitrogens is 1. The van der Waals surface area contributed by atoms with Crippen molar-refractivity contribution in [3.63, 3.8) is 0 Å². The summed E-state index contributed by atoms with van der Waals surface area (Å²) in [6, 6.07) is 14.9. The van der Waals surface area contributed by atoms with Gasteiger partial charge in [-0.25, -0.2) is 4.39 Å². The maximum atomic E-state index is 13.1. The van der Waals surface area contributed by atoms with Crippen LogP contribution >= 0.6 is 11.6 Å². The van der Waals surface area contributed by atoms with Crippen LogP contribution in [0.5, 0.6) is 0 Å². The summed E-state index contributed by atoms with van der Waals surface area (Å²) in [5, 5.41) is 1.77. The summed E-state index contributed by atoms with van der Waals surface area (Å²) in [6.07, 6.45) is 2.95. The minimum absolute atomic E-state index is 0.176. The lowest BCUT2D eigenvalue weighted by Gasteiger charge is -2.22. The van der Waals surface area contributed by atoms with Gasteiger partial charge in [0.25, 0.3) is 0 Å². The molecule has 2 heterocycles. The van der Waals surface area contributed by atoms with Crippen molar-refractivity contribution in [2.75, 3.05) is 26.2 Å². The highest BCUT2D eigenvalue weighted by Crippen LogP contribution is 2.26. The molecule has 1 saturated heterocycles. The van der Waals surface area contributed by atoms with Crippen LogP contribution in [0.25, 0.3) is 10.9 Å². The van der Waals surface area contributed by atoms with Crippen molar-refractivity contribution in [3.8, 4) is 0 Å². The summed E-state index contributed by atoms with van der Waals surface area (Å²) >= 11 is 6.32. The largest absolute Gasteiger partial charge is 0.298 e. The van der Waals surface area contributed by atoms with E-state index >= 15 is 0 Å². The summed E-state index contributed by atoms with van der Waals surface area (Å²) < 4.78 is 13.1. The molecular weight excluding hydrogens is 361 g/mol. The van der Waals surface area contributed by atoms with E-state index in [1.165, 1.54) is 17.7 Å². The first kappa shape index (κ1) is 18.4. The molecule has 0 aliphatic carbocycles. The fourth-order valence-electron chi connectivity index (χ4n) is 3.75. The number of benzene rings is 2. The Morgan fingerprint density at radius 1 is 0.889 bits per heavy atom. The second-order valence-corrected chi connectivity index (χ2v) is 7.55. The molecule has 1 fully saturated rings. The van der Waals surface area contributed by atoms with Crippen LogP contribution in [-0.4, -0.2) is 41.0 Å². The van der Waals surface area contributed by atoms with Crippen molar-refractivity contribution in [2.45, 2.75) is 19.5 Å². The average Bonchev–Trinajstić information content (AvgIpc) is 2.91. The van der Waals surface area contributed by atoms with Gasteiger partial charge in [0.1, 0.15) is 5.82 Å². The number of hydrogen-bond donors (Lipinski definition) is 0. The van der Waals surface area contributed by atoms with Crippen molar-refractivity contribution in [1.29, 1.82) is 0 Å². The van der Waals surface area contributed by atoms with Crippen LogP contribution in [0.15, 0.2) is 54.7 Å². The van der Waals surface area contributed by atoms with E-state index in [-0.39, 0.29) is 5.82 Å². The predicted molar refractivity (Wildman–Crippen MR) is 108 cm³/mol. The number of pyridine rings is 1. The number of fused-ring (bicyclic) bond motifs is 1. The molecule has 1 aromatic heterocycles. The maximum Gasteiger partial charge on any atom is 0.123 e. The summed E-state index contributed by atoms with van der Waals surface area (Å²) in [5.41, 5.74) is 3.39. The average molecular weight is 384 g/mol. The molecule has 1 aliphatic rings. The molecule has 27 heavy (non-hydrogen) atoms. The molecule has 4 rings (SSSR count). The van der Waals surface area contributed by atoms with Gasteiger partial charge in [-0.2, -0.15) is 0 Å². The first-order valence-corrected chi connectivity index (χ1v) is 9.78. The van der Waals surface area contributed by atoms with E-state index in [4.69, 9.17) is 11.6 Å². The lowest BCUT2D eigenvalue weighted by Crippen LogP contribution is -2.30. The fraction of sp³-hybridized carbons (Fsp3) is 0.318. The van der Waals surface area contributed by atoms with E-state index in [0.717, 1.165) is 67.2 Å². The van der Waals surface area contributed by atoms with Crippen molar-refractivity contribution in [3.05, 3.63) is 76.7 Å². The normalized spacial score (nSPS) is 16.5. The molecule has 0 radical (unpaired) electrons. The minimum atomic E-state index is -0.176. The second kappa shape index (κ2) is 8.34. The number of nitrogens with zero attached hydrogens (tertiary/aromatic N) is 3. The standard InChI is InChI=1S/C22H23ClFN3/c23-21-9-6-18(22-20(21)3-1-10-25-22)16-27-12-2-11-26(13-14-27)15-17-4-7-19(24)8-5-17/h1,3-10H,2,11-16H2. The van der Waals surface area contributed by atoms with Gasteiger partial charge >= 0.3 is 0 Å². The molecule has 0 N–H and O–H groups in total. The molecule has 0 atom stereocenters. The molecule has 0 saturated carbocycles. The SMILES string of the molecule is Fc1ccc(CN2CCCN(Cc3ccc(Cl)c4cccnc34)CC2)cc1. The fourth-order valence-corrected chi connectivity index (χ4v) is 3.97. The van der Waals surface area contributed by atoms with Gasteiger partial charge in [-0.15, -0.1) is 0 Å². The Balaban J connectivity index is 1.42. The van der Waals surface area contributed by atoms with Gasteiger partial charge in [0.05, 0.1) is 5.52 Å². The van der Waals surface area contributed by atoms with Crippen LogP contribution in [0, 0.1) is 5.82 Å². The van der Waals surface area contributed by atoms with Gasteiger partial charge in [0, 0.05) is 42.8 Å². The summed E-state index contributed by atoms with van der Waals surface area (Å²) in [7, 11) is 0. The number of halogens is 2. The summed E-state index contributed by atoms with van der Waals surface area (Å²) in [5.74, 6) is -0.176. The molecule has 3 aromatic rings. The van der Waals surface area contributed by atoms with Crippen molar-refractivity contribution in [1.82, 2.24) is 14.8 Å². The van der Waals surface area contributed by atoms with Gasteiger partial charge < -0.3 is 0 Å². The minimum Gasteiger partial charge on any atom is -0.298 e. The zero-order chi connectivity index (χ0) is 18.6. The van der Waals surface area contributed by atoms with E-state index in [1.807, 2.05) is 36.5 Å². The lowest BCUT2D eigenvalue weighted by molar-refractivity contribution is 0.247. The molecule has 140 valence electrons. The Labute approximate surface area is 164 Å². The molecule has 2 aromatic carbocycles. The third-order valence-corrected chi connectivity index (χ3v) is 5.52. The molecule has 5 heteroatoms. The molecule has 3 nitrogen and oxygen atoms in total. The second-order valence-electron chi connectivity index (χ2n) is 7.14. The van der Waals surface area contributed by atoms with Crippen LogP contribution in [0.3, 0.4) is 0 Å². The molecule has 0 unspecified atom stereocenters. The van der Waals surface area contributed by atoms with Crippen molar-refractivity contribution < 1.29 is 4.39 Å². The molecule has 1 aliphatic heterocycles. The Bertz CT molecular complexity index is 913. The Morgan fingerprint density at radius 2 is 1.63 bits per heavy atom. The first-order valence-electron chi connectivity index (χ1n) is 9.40. The van der Waals surface area contributed by atoms with E-state index in [9.17, 15) is 4.39 Å². The van der Waals surface area contributed by atoms with Gasteiger partial charge in [0.15, 0.2) is 0 Å². The highest BCUT2D eigenvalue weighted by atomic mass is 35.5. The predicted octanol–water partition coefficient (Wildman–Crippen LogP) is 4.74. The molecule has 0 spiro atoms.